The normalized spacial score (nSPS) is 18.2. The number of Topliss-reactive ketones (excluding diaryl/α,β-unsaturated/α-hetero) is 1. The Hall–Kier alpha value is -1.32. The zero-order chi connectivity index (χ0) is 10.2. The number of nitrogens with zero attached hydrogens (tertiary/aromatic N) is 1. The number of carbonyl (C=O) groups is 1. The zero-order valence-corrected chi connectivity index (χ0v) is 7.41. The minimum Gasteiger partial charge on any atom is -0.293 e. The van der Waals surface area contributed by atoms with Gasteiger partial charge < -0.3 is 0 Å². The molecule has 74 valence electrons. The summed E-state index contributed by atoms with van der Waals surface area (Å²) in [7, 11) is 0. The molecular formula is C10H9F2NO. The van der Waals surface area contributed by atoms with Crippen LogP contribution in [0.25, 0.3) is 0 Å². The van der Waals surface area contributed by atoms with Gasteiger partial charge in [-0.25, -0.2) is 8.78 Å². The molecule has 2 nitrogen and oxygen atoms in total. The molecule has 0 spiro atoms. The van der Waals surface area contributed by atoms with Crippen LogP contribution in [0.1, 0.15) is 23.2 Å². The van der Waals surface area contributed by atoms with Gasteiger partial charge in [-0.15, -0.1) is 0 Å². The van der Waals surface area contributed by atoms with Crippen LogP contribution in [0.5, 0.6) is 0 Å². The van der Waals surface area contributed by atoms with Crippen LogP contribution in [-0.4, -0.2) is 17.2 Å². The van der Waals surface area contributed by atoms with E-state index in [1.807, 2.05) is 0 Å². The average Bonchev–Trinajstić information content (AvgIpc) is 2.99. The number of alkyl halides is 2. The van der Waals surface area contributed by atoms with E-state index in [9.17, 15) is 13.6 Å². The van der Waals surface area contributed by atoms with E-state index in [1.54, 1.807) is 6.07 Å². The third-order valence-electron chi connectivity index (χ3n) is 2.58. The third kappa shape index (κ3) is 1.31. The Morgan fingerprint density at radius 3 is 2.64 bits per heavy atom. The summed E-state index contributed by atoms with van der Waals surface area (Å²) >= 11 is 0. The Labute approximate surface area is 80.0 Å². The summed E-state index contributed by atoms with van der Waals surface area (Å²) < 4.78 is 25.1. The summed E-state index contributed by atoms with van der Waals surface area (Å²) in [6.07, 6.45) is 0.871. The van der Waals surface area contributed by atoms with Gasteiger partial charge in [-0.1, -0.05) is 0 Å². The molecule has 1 saturated carbocycles. The Bertz CT molecular complexity index is 346. The van der Waals surface area contributed by atoms with Gasteiger partial charge >= 0.3 is 0 Å². The molecule has 1 heterocycles. The Morgan fingerprint density at radius 1 is 1.50 bits per heavy atom. The lowest BCUT2D eigenvalue weighted by Gasteiger charge is -2.11. The SMILES string of the molecule is O=C(c1cccnc1)C1(C(F)F)CC1. The highest BCUT2D eigenvalue weighted by molar-refractivity contribution is 6.02. The van der Waals surface area contributed by atoms with Gasteiger partial charge in [0.1, 0.15) is 0 Å². The molecule has 0 N–H and O–H groups in total. The van der Waals surface area contributed by atoms with Gasteiger partial charge in [-0.2, -0.15) is 0 Å². The van der Waals surface area contributed by atoms with E-state index < -0.39 is 17.6 Å². The Kier molecular flexibility index (Phi) is 2.06. The number of halogens is 2. The molecule has 1 fully saturated rings. The number of ketones is 1. The van der Waals surface area contributed by atoms with E-state index in [4.69, 9.17) is 0 Å². The van der Waals surface area contributed by atoms with E-state index >= 15 is 0 Å². The highest BCUT2D eigenvalue weighted by atomic mass is 19.3. The predicted molar refractivity (Wildman–Crippen MR) is 46.2 cm³/mol. The first-order valence-corrected chi connectivity index (χ1v) is 4.40. The van der Waals surface area contributed by atoms with Gasteiger partial charge in [0.25, 0.3) is 6.43 Å². The summed E-state index contributed by atoms with van der Waals surface area (Å²) in [5.74, 6) is -0.472. The Balaban J connectivity index is 2.26. The number of hydrogen-bond acceptors (Lipinski definition) is 2. The molecule has 14 heavy (non-hydrogen) atoms. The van der Waals surface area contributed by atoms with Crippen LogP contribution >= 0.6 is 0 Å². The third-order valence-corrected chi connectivity index (χ3v) is 2.58. The van der Waals surface area contributed by atoms with Crippen molar-refractivity contribution >= 4 is 5.78 Å². The monoisotopic (exact) mass is 197 g/mol. The molecule has 0 unspecified atom stereocenters. The number of aromatic nitrogens is 1. The summed E-state index contributed by atoms with van der Waals surface area (Å²) in [5.41, 5.74) is -1.12. The average molecular weight is 197 g/mol. The fourth-order valence-corrected chi connectivity index (χ4v) is 1.46. The summed E-state index contributed by atoms with van der Waals surface area (Å²) in [5, 5.41) is 0. The molecule has 0 bridgehead atoms. The molecule has 1 aliphatic rings. The minimum atomic E-state index is -2.56. The number of rotatable bonds is 3. The maximum absolute atomic E-state index is 12.6. The van der Waals surface area contributed by atoms with E-state index in [0.29, 0.717) is 12.8 Å². The van der Waals surface area contributed by atoms with Crippen molar-refractivity contribution in [2.45, 2.75) is 19.3 Å². The molecular weight excluding hydrogens is 188 g/mol. The maximum Gasteiger partial charge on any atom is 0.251 e. The first kappa shape index (κ1) is 9.24. The lowest BCUT2D eigenvalue weighted by Crippen LogP contribution is -2.24. The second-order valence-corrected chi connectivity index (χ2v) is 3.53. The molecule has 0 radical (unpaired) electrons. The van der Waals surface area contributed by atoms with Crippen LogP contribution in [0.2, 0.25) is 0 Å². The quantitative estimate of drug-likeness (QED) is 0.696. The molecule has 0 atom stereocenters. The lowest BCUT2D eigenvalue weighted by atomic mass is 9.96. The molecule has 1 aromatic heterocycles. The first-order valence-electron chi connectivity index (χ1n) is 4.40. The van der Waals surface area contributed by atoms with Crippen molar-refractivity contribution < 1.29 is 13.6 Å². The van der Waals surface area contributed by atoms with E-state index in [2.05, 4.69) is 4.98 Å². The van der Waals surface area contributed by atoms with Gasteiger partial charge in [0, 0.05) is 18.0 Å². The van der Waals surface area contributed by atoms with Crippen LogP contribution in [0, 0.1) is 5.41 Å². The number of pyridine rings is 1. The second-order valence-electron chi connectivity index (χ2n) is 3.53. The molecule has 1 aromatic rings. The summed E-state index contributed by atoms with van der Waals surface area (Å²) in [4.78, 5) is 15.4. The van der Waals surface area contributed by atoms with Gasteiger partial charge in [0.05, 0.1) is 5.41 Å². The highest BCUT2D eigenvalue weighted by Crippen LogP contribution is 2.52. The number of hydrogen-bond donors (Lipinski definition) is 0. The molecule has 0 amide bonds. The van der Waals surface area contributed by atoms with Crippen LogP contribution < -0.4 is 0 Å². The summed E-state index contributed by atoms with van der Waals surface area (Å²) in [6.45, 7) is 0. The van der Waals surface area contributed by atoms with E-state index in [1.165, 1.54) is 18.5 Å². The van der Waals surface area contributed by atoms with Crippen LogP contribution in [0.4, 0.5) is 8.78 Å². The number of carbonyl (C=O) groups excluding carboxylic acids is 1. The molecule has 0 aliphatic heterocycles. The zero-order valence-electron chi connectivity index (χ0n) is 7.41. The van der Waals surface area contributed by atoms with E-state index in [-0.39, 0.29) is 5.56 Å². The molecule has 4 heteroatoms. The van der Waals surface area contributed by atoms with Crippen molar-refractivity contribution in [1.29, 1.82) is 0 Å². The molecule has 0 saturated heterocycles. The van der Waals surface area contributed by atoms with Crippen molar-refractivity contribution in [3.05, 3.63) is 30.1 Å². The maximum atomic E-state index is 12.6. The molecule has 0 aromatic carbocycles. The fraction of sp³-hybridized carbons (Fsp3) is 0.400. The summed E-state index contributed by atoms with van der Waals surface area (Å²) in [6, 6.07) is 3.10. The van der Waals surface area contributed by atoms with Crippen LogP contribution in [0.3, 0.4) is 0 Å². The van der Waals surface area contributed by atoms with E-state index in [0.717, 1.165) is 0 Å². The largest absolute Gasteiger partial charge is 0.293 e. The minimum absolute atomic E-state index is 0.283. The molecule has 2 rings (SSSR count). The molecule has 1 aliphatic carbocycles. The standard InChI is InChI=1S/C10H9F2NO/c11-9(12)10(3-4-10)8(14)7-2-1-5-13-6-7/h1-2,5-6,9H,3-4H2. The van der Waals surface area contributed by atoms with Gasteiger partial charge in [0.15, 0.2) is 5.78 Å². The van der Waals surface area contributed by atoms with Crippen molar-refractivity contribution in [3.8, 4) is 0 Å². The van der Waals surface area contributed by atoms with Crippen molar-refractivity contribution in [2.75, 3.05) is 0 Å². The Morgan fingerprint density at radius 2 is 2.21 bits per heavy atom. The smallest absolute Gasteiger partial charge is 0.251 e. The van der Waals surface area contributed by atoms with Gasteiger partial charge in [-0.05, 0) is 25.0 Å². The van der Waals surface area contributed by atoms with Crippen LogP contribution in [-0.2, 0) is 0 Å². The van der Waals surface area contributed by atoms with Crippen molar-refractivity contribution in [3.63, 3.8) is 0 Å². The van der Waals surface area contributed by atoms with Crippen LogP contribution in [0.15, 0.2) is 24.5 Å². The highest BCUT2D eigenvalue weighted by Gasteiger charge is 2.57. The van der Waals surface area contributed by atoms with Crippen molar-refractivity contribution in [2.24, 2.45) is 5.41 Å². The first-order chi connectivity index (χ1) is 6.67. The second kappa shape index (κ2) is 3.12. The topological polar surface area (TPSA) is 30.0 Å². The van der Waals surface area contributed by atoms with Gasteiger partial charge in [0.2, 0.25) is 0 Å². The fourth-order valence-electron chi connectivity index (χ4n) is 1.46. The van der Waals surface area contributed by atoms with Crippen molar-refractivity contribution in [1.82, 2.24) is 4.98 Å². The lowest BCUT2D eigenvalue weighted by molar-refractivity contribution is 0.0472. The van der Waals surface area contributed by atoms with Gasteiger partial charge in [-0.3, -0.25) is 9.78 Å². The predicted octanol–water partition coefficient (Wildman–Crippen LogP) is 2.31.